The molecule has 0 radical (unpaired) electrons. The number of aryl methyl sites for hydroxylation is 1. The van der Waals surface area contributed by atoms with Crippen LogP contribution in [0.15, 0.2) is 28.9 Å². The molecule has 0 bridgehead atoms. The molecule has 7 heteroatoms. The van der Waals surface area contributed by atoms with Gasteiger partial charge in [0.25, 0.3) is 0 Å². The molecule has 0 spiro atoms. The molecule has 0 aliphatic heterocycles. The number of carbonyl (C=O) groups is 1. The van der Waals surface area contributed by atoms with Crippen molar-refractivity contribution >= 4 is 44.9 Å². The molecule has 106 valence electrons. The van der Waals surface area contributed by atoms with Crippen LogP contribution in [0, 0.1) is 6.92 Å². The summed E-state index contributed by atoms with van der Waals surface area (Å²) in [7, 11) is 0. The Labute approximate surface area is 134 Å². The zero-order valence-electron chi connectivity index (χ0n) is 10.7. The number of nitrogens with one attached hydrogen (secondary N) is 2. The highest BCUT2D eigenvalue weighted by Crippen LogP contribution is 2.21. The van der Waals surface area contributed by atoms with Gasteiger partial charge in [-0.15, -0.1) is 11.3 Å². The summed E-state index contributed by atoms with van der Waals surface area (Å²) in [6, 6.07) is 5.34. The van der Waals surface area contributed by atoms with Gasteiger partial charge in [-0.25, -0.2) is 9.78 Å². The molecule has 4 nitrogen and oxygen atoms in total. The SMILES string of the molecule is Cc1ncc(CNC(=O)NCc2ccc(Br)cc2Cl)s1. The fourth-order valence-corrected chi connectivity index (χ4v) is 3.03. The fourth-order valence-electron chi connectivity index (χ4n) is 1.56. The summed E-state index contributed by atoms with van der Waals surface area (Å²) in [6.07, 6.45) is 1.77. The van der Waals surface area contributed by atoms with Crippen LogP contribution in [0.4, 0.5) is 4.79 Å². The maximum Gasteiger partial charge on any atom is 0.315 e. The molecule has 2 aromatic rings. The minimum atomic E-state index is -0.227. The highest BCUT2D eigenvalue weighted by Gasteiger charge is 2.05. The molecule has 20 heavy (non-hydrogen) atoms. The summed E-state index contributed by atoms with van der Waals surface area (Å²) in [5.74, 6) is 0. The van der Waals surface area contributed by atoms with Gasteiger partial charge in [-0.1, -0.05) is 33.6 Å². The second kappa shape index (κ2) is 7.06. The van der Waals surface area contributed by atoms with Crippen LogP contribution < -0.4 is 10.6 Å². The minimum absolute atomic E-state index is 0.227. The van der Waals surface area contributed by atoms with Crippen molar-refractivity contribution in [3.8, 4) is 0 Å². The van der Waals surface area contributed by atoms with E-state index in [0.29, 0.717) is 18.1 Å². The van der Waals surface area contributed by atoms with Crippen molar-refractivity contribution in [2.45, 2.75) is 20.0 Å². The van der Waals surface area contributed by atoms with Crippen LogP contribution in [0.3, 0.4) is 0 Å². The van der Waals surface area contributed by atoms with Crippen molar-refractivity contribution in [3.63, 3.8) is 0 Å². The first kappa shape index (κ1) is 15.3. The van der Waals surface area contributed by atoms with E-state index < -0.39 is 0 Å². The van der Waals surface area contributed by atoms with Crippen LogP contribution in [0.2, 0.25) is 5.02 Å². The molecule has 0 saturated carbocycles. The van der Waals surface area contributed by atoms with Gasteiger partial charge in [-0.2, -0.15) is 0 Å². The van der Waals surface area contributed by atoms with Gasteiger partial charge in [0.2, 0.25) is 0 Å². The van der Waals surface area contributed by atoms with Crippen molar-refractivity contribution in [1.82, 2.24) is 15.6 Å². The number of benzene rings is 1. The first-order chi connectivity index (χ1) is 9.54. The van der Waals surface area contributed by atoms with E-state index in [9.17, 15) is 4.79 Å². The molecule has 0 aliphatic carbocycles. The van der Waals surface area contributed by atoms with Crippen LogP contribution in [-0.4, -0.2) is 11.0 Å². The molecule has 0 fully saturated rings. The maximum absolute atomic E-state index is 11.7. The first-order valence-corrected chi connectivity index (χ1v) is 7.90. The van der Waals surface area contributed by atoms with Gasteiger partial charge < -0.3 is 10.6 Å². The molecule has 2 N–H and O–H groups in total. The van der Waals surface area contributed by atoms with Crippen molar-refractivity contribution < 1.29 is 4.79 Å². The number of thiazole rings is 1. The number of amides is 2. The quantitative estimate of drug-likeness (QED) is 0.853. The van der Waals surface area contributed by atoms with Crippen LogP contribution in [0.1, 0.15) is 15.4 Å². The van der Waals surface area contributed by atoms with E-state index in [4.69, 9.17) is 11.6 Å². The lowest BCUT2D eigenvalue weighted by Gasteiger charge is -2.08. The normalized spacial score (nSPS) is 10.3. The van der Waals surface area contributed by atoms with Gasteiger partial charge in [-0.3, -0.25) is 0 Å². The Morgan fingerprint density at radius 2 is 2.15 bits per heavy atom. The van der Waals surface area contributed by atoms with Crippen LogP contribution in [0.5, 0.6) is 0 Å². The Morgan fingerprint density at radius 1 is 1.40 bits per heavy atom. The van der Waals surface area contributed by atoms with Crippen LogP contribution in [0.25, 0.3) is 0 Å². The maximum atomic E-state index is 11.7. The topological polar surface area (TPSA) is 54.0 Å². The van der Waals surface area contributed by atoms with E-state index in [1.807, 2.05) is 19.1 Å². The van der Waals surface area contributed by atoms with E-state index in [2.05, 4.69) is 31.5 Å². The Morgan fingerprint density at radius 3 is 2.80 bits per heavy atom. The summed E-state index contributed by atoms with van der Waals surface area (Å²) in [6.45, 7) is 2.80. The van der Waals surface area contributed by atoms with E-state index in [0.717, 1.165) is 19.9 Å². The largest absolute Gasteiger partial charge is 0.334 e. The zero-order chi connectivity index (χ0) is 14.5. The molecule has 0 aliphatic rings. The molecule has 1 aromatic heterocycles. The van der Waals surface area contributed by atoms with E-state index in [1.54, 1.807) is 23.6 Å². The fraction of sp³-hybridized carbons (Fsp3) is 0.231. The van der Waals surface area contributed by atoms with Gasteiger partial charge in [0.15, 0.2) is 0 Å². The molecule has 0 unspecified atom stereocenters. The standard InChI is InChI=1S/C13H13BrClN3OS/c1-8-16-6-11(20-8)7-18-13(19)17-5-9-2-3-10(14)4-12(9)15/h2-4,6H,5,7H2,1H3,(H2,17,18,19). The van der Waals surface area contributed by atoms with Crippen molar-refractivity contribution in [2.75, 3.05) is 0 Å². The number of rotatable bonds is 4. The summed E-state index contributed by atoms with van der Waals surface area (Å²) in [5, 5.41) is 7.16. The van der Waals surface area contributed by atoms with E-state index in [1.165, 1.54) is 0 Å². The molecular formula is C13H13BrClN3OS. The lowest BCUT2D eigenvalue weighted by atomic mass is 10.2. The van der Waals surface area contributed by atoms with Crippen LogP contribution in [-0.2, 0) is 13.1 Å². The second-order valence-corrected chi connectivity index (χ2v) is 6.76. The molecule has 1 heterocycles. The first-order valence-electron chi connectivity index (χ1n) is 5.91. The number of halogens is 2. The van der Waals surface area contributed by atoms with Crippen molar-refractivity contribution in [1.29, 1.82) is 0 Å². The molecule has 0 saturated heterocycles. The number of aromatic nitrogens is 1. The lowest BCUT2D eigenvalue weighted by Crippen LogP contribution is -2.34. The molecule has 1 aromatic carbocycles. The Balaban J connectivity index is 1.80. The third kappa shape index (κ3) is 4.47. The summed E-state index contributed by atoms with van der Waals surface area (Å²) < 4.78 is 0.913. The Bertz CT molecular complexity index is 617. The van der Waals surface area contributed by atoms with E-state index >= 15 is 0 Å². The molecule has 2 amide bonds. The number of hydrogen-bond donors (Lipinski definition) is 2. The smallest absolute Gasteiger partial charge is 0.315 e. The van der Waals surface area contributed by atoms with Gasteiger partial charge >= 0.3 is 6.03 Å². The highest BCUT2D eigenvalue weighted by molar-refractivity contribution is 9.10. The summed E-state index contributed by atoms with van der Waals surface area (Å²) >= 11 is 11.0. The lowest BCUT2D eigenvalue weighted by molar-refractivity contribution is 0.240. The predicted molar refractivity (Wildman–Crippen MR) is 85.1 cm³/mol. The molecule has 2 rings (SSSR count). The minimum Gasteiger partial charge on any atom is -0.334 e. The third-order valence-corrected chi connectivity index (χ3v) is 4.30. The Hall–Kier alpha value is -1.11. The average Bonchev–Trinajstić information content (AvgIpc) is 2.81. The predicted octanol–water partition coefficient (Wildman–Crippen LogP) is 3.87. The van der Waals surface area contributed by atoms with Crippen LogP contribution >= 0.6 is 38.9 Å². The monoisotopic (exact) mass is 373 g/mol. The molecule has 0 atom stereocenters. The van der Waals surface area contributed by atoms with Gasteiger partial charge in [0, 0.05) is 27.1 Å². The third-order valence-electron chi connectivity index (χ3n) is 2.55. The number of hydrogen-bond acceptors (Lipinski definition) is 3. The average molecular weight is 375 g/mol. The number of carbonyl (C=O) groups excluding carboxylic acids is 1. The zero-order valence-corrected chi connectivity index (χ0v) is 13.9. The van der Waals surface area contributed by atoms with Gasteiger partial charge in [0.1, 0.15) is 0 Å². The second-order valence-electron chi connectivity index (χ2n) is 4.12. The summed E-state index contributed by atoms with van der Waals surface area (Å²) in [5.41, 5.74) is 0.874. The summed E-state index contributed by atoms with van der Waals surface area (Å²) in [4.78, 5) is 16.8. The van der Waals surface area contributed by atoms with E-state index in [-0.39, 0.29) is 6.03 Å². The Kier molecular flexibility index (Phi) is 5.39. The highest BCUT2D eigenvalue weighted by atomic mass is 79.9. The number of urea groups is 1. The molecular weight excluding hydrogens is 362 g/mol. The number of nitrogens with zero attached hydrogens (tertiary/aromatic N) is 1. The van der Waals surface area contributed by atoms with Crippen molar-refractivity contribution in [2.24, 2.45) is 0 Å². The van der Waals surface area contributed by atoms with Gasteiger partial charge in [0.05, 0.1) is 11.6 Å². The van der Waals surface area contributed by atoms with Crippen molar-refractivity contribution in [3.05, 3.63) is 49.3 Å². The van der Waals surface area contributed by atoms with Gasteiger partial charge in [-0.05, 0) is 24.6 Å².